The van der Waals surface area contributed by atoms with Crippen LogP contribution in [0.1, 0.15) is 102 Å². The fourth-order valence-electron chi connectivity index (χ4n) is 8.04. The van der Waals surface area contributed by atoms with Crippen LogP contribution in [-0.4, -0.2) is 112 Å². The molecule has 3 rings (SSSR count). The van der Waals surface area contributed by atoms with Crippen molar-refractivity contribution >= 4 is 53.5 Å². The number of carbonyl (C=O) groups excluding carboxylic acids is 9. The predicted octanol–water partition coefficient (Wildman–Crippen LogP) is 1.92. The van der Waals surface area contributed by atoms with Gasteiger partial charge in [-0.25, -0.2) is 0 Å². The summed E-state index contributed by atoms with van der Waals surface area (Å²) >= 11 is 0. The molecule has 0 radical (unpaired) electrons. The van der Waals surface area contributed by atoms with Gasteiger partial charge in [0.1, 0.15) is 5.60 Å². The number of hydrogen-bond donors (Lipinski definition) is 1. The van der Waals surface area contributed by atoms with E-state index < -0.39 is 143 Å². The molecule has 1 saturated heterocycles. The summed E-state index contributed by atoms with van der Waals surface area (Å²) in [4.78, 5) is 121. The molecule has 2 aliphatic carbocycles. The van der Waals surface area contributed by atoms with E-state index >= 15 is 4.79 Å². The highest BCUT2D eigenvalue weighted by Gasteiger charge is 2.77. The van der Waals surface area contributed by atoms with Crippen LogP contribution in [0.15, 0.2) is 12.2 Å². The Hall–Kier alpha value is -4.87. The van der Waals surface area contributed by atoms with Crippen molar-refractivity contribution in [2.75, 3.05) is 0 Å². The number of aliphatic hydroxyl groups is 1. The van der Waals surface area contributed by atoms with E-state index in [0.717, 1.165) is 54.5 Å². The molecule has 0 bridgehead atoms. The third-order valence-corrected chi connectivity index (χ3v) is 10.00. The molecule has 312 valence electrons. The Morgan fingerprint density at radius 1 is 0.696 bits per heavy atom. The monoisotopic (exact) mass is 796 g/mol. The van der Waals surface area contributed by atoms with Crippen molar-refractivity contribution in [3.63, 3.8) is 0 Å². The molecular formula is C38H52O18. The fraction of sp³-hybridized carbons (Fsp3) is 0.711. The average molecular weight is 797 g/mol. The second kappa shape index (κ2) is 16.3. The lowest BCUT2D eigenvalue weighted by Crippen LogP contribution is -2.72. The predicted molar refractivity (Wildman–Crippen MR) is 186 cm³/mol. The number of esters is 8. The first-order chi connectivity index (χ1) is 25.5. The van der Waals surface area contributed by atoms with Crippen LogP contribution in [0.25, 0.3) is 0 Å². The van der Waals surface area contributed by atoms with Gasteiger partial charge in [-0.3, -0.25) is 43.2 Å². The Morgan fingerprint density at radius 2 is 1.21 bits per heavy atom. The summed E-state index contributed by atoms with van der Waals surface area (Å²) in [7, 11) is 0. The molecule has 56 heavy (non-hydrogen) atoms. The van der Waals surface area contributed by atoms with Crippen molar-refractivity contribution in [2.24, 2.45) is 17.3 Å². The molecule has 10 atom stereocenters. The van der Waals surface area contributed by atoms with Crippen LogP contribution in [0.4, 0.5) is 0 Å². The standard InChI is InChI=1S/C38H52O18/c1-18(2)32(46)53-31-27(49-19(3)39)30(51-21(5)41)34(9,10)15-16-35(11,48)33(47)38(56-24(8)44)17-36(12,54-22(6)42)28(50-20(4)40)26(38)29-37(31,55-23(7)43)14-13-25(45)52-29/h15-16,18,26-31,48H,13-14,17H2,1-12H3/t26-,27+,28-,29-,30-,31-,35-,36-,37+,38-/m1/s1. The zero-order valence-corrected chi connectivity index (χ0v) is 33.7. The lowest BCUT2D eigenvalue weighted by Gasteiger charge is -2.53. The van der Waals surface area contributed by atoms with Gasteiger partial charge < -0.3 is 43.0 Å². The Labute approximate surface area is 324 Å². The molecule has 0 aromatic heterocycles. The molecule has 1 aliphatic heterocycles. The zero-order valence-electron chi connectivity index (χ0n) is 33.7. The number of carbonyl (C=O) groups is 9. The normalized spacial score (nSPS) is 35.2. The summed E-state index contributed by atoms with van der Waals surface area (Å²) in [5, 5.41) is 12.1. The number of ketones is 1. The molecule has 0 aromatic rings. The van der Waals surface area contributed by atoms with Crippen LogP contribution in [-0.2, 0) is 81.0 Å². The van der Waals surface area contributed by atoms with Crippen molar-refractivity contribution in [2.45, 2.75) is 155 Å². The lowest BCUT2D eigenvalue weighted by atomic mass is 9.65. The summed E-state index contributed by atoms with van der Waals surface area (Å²) in [5.41, 5.74) is -11.7. The molecule has 0 aromatic carbocycles. The fourth-order valence-corrected chi connectivity index (χ4v) is 8.04. The van der Waals surface area contributed by atoms with Crippen LogP contribution < -0.4 is 0 Å². The van der Waals surface area contributed by atoms with Gasteiger partial charge in [0.2, 0.25) is 5.78 Å². The second-order valence-electron chi connectivity index (χ2n) is 15.8. The van der Waals surface area contributed by atoms with E-state index in [2.05, 4.69) is 0 Å². The molecule has 2 fully saturated rings. The van der Waals surface area contributed by atoms with E-state index in [1.807, 2.05) is 0 Å². The molecule has 3 aliphatic rings. The third-order valence-electron chi connectivity index (χ3n) is 10.00. The van der Waals surface area contributed by atoms with Crippen molar-refractivity contribution in [3.8, 4) is 0 Å². The average Bonchev–Trinajstić information content (AvgIpc) is 3.25. The summed E-state index contributed by atoms with van der Waals surface area (Å²) in [6.45, 7) is 14.0. The van der Waals surface area contributed by atoms with Crippen molar-refractivity contribution in [1.82, 2.24) is 0 Å². The minimum atomic E-state index is -2.78. The largest absolute Gasteiger partial charge is 0.458 e. The molecule has 18 heteroatoms. The molecule has 1 heterocycles. The summed E-state index contributed by atoms with van der Waals surface area (Å²) in [6, 6.07) is 0. The van der Waals surface area contributed by atoms with Crippen molar-refractivity contribution < 1.29 is 86.2 Å². The number of ether oxygens (including phenoxy) is 8. The number of rotatable bonds is 8. The summed E-state index contributed by atoms with van der Waals surface area (Å²) < 4.78 is 47.2. The SMILES string of the molecule is CC(=O)O[C@H]1[C@@H](OC(C)=O)C(C)(C)C=C[C@@](C)(O)C(=O)[C@@]2(OC(C)=O)C[C@@](C)(OC(C)=O)[C@H](OC(C)=O)[C@@H]2[C@H]2OC(=O)CC[C@@]2(OC(C)=O)[C@@H]1OC(=O)C(C)C. The summed E-state index contributed by atoms with van der Waals surface area (Å²) in [6.07, 6.45) is -9.63. The topological polar surface area (TPSA) is 248 Å². The first kappa shape index (κ1) is 45.5. The van der Waals surface area contributed by atoms with Crippen molar-refractivity contribution in [3.05, 3.63) is 12.2 Å². The molecule has 1 saturated carbocycles. The highest BCUT2D eigenvalue weighted by atomic mass is 16.7. The highest BCUT2D eigenvalue weighted by molar-refractivity contribution is 5.98. The van der Waals surface area contributed by atoms with Gasteiger partial charge in [-0.05, 0) is 19.9 Å². The minimum Gasteiger partial charge on any atom is -0.458 e. The maximum Gasteiger partial charge on any atom is 0.308 e. The van der Waals surface area contributed by atoms with E-state index in [-0.39, 0.29) is 0 Å². The van der Waals surface area contributed by atoms with Crippen LogP contribution in [0.2, 0.25) is 0 Å². The molecular weight excluding hydrogens is 744 g/mol. The van der Waals surface area contributed by atoms with Gasteiger partial charge in [-0.15, -0.1) is 0 Å². The van der Waals surface area contributed by atoms with E-state index in [0.29, 0.717) is 0 Å². The van der Waals surface area contributed by atoms with E-state index in [9.17, 15) is 43.5 Å². The third kappa shape index (κ3) is 9.22. The van der Waals surface area contributed by atoms with Gasteiger partial charge in [-0.2, -0.15) is 0 Å². The van der Waals surface area contributed by atoms with Crippen LogP contribution in [0, 0.1) is 17.3 Å². The van der Waals surface area contributed by atoms with Gasteiger partial charge in [0.25, 0.3) is 0 Å². The van der Waals surface area contributed by atoms with Gasteiger partial charge in [0.05, 0.1) is 11.8 Å². The molecule has 18 nitrogen and oxygen atoms in total. The zero-order chi connectivity index (χ0) is 42.9. The lowest BCUT2D eigenvalue weighted by molar-refractivity contribution is -0.273. The smallest absolute Gasteiger partial charge is 0.308 e. The van der Waals surface area contributed by atoms with E-state index in [1.54, 1.807) is 0 Å². The van der Waals surface area contributed by atoms with Crippen LogP contribution in [0.3, 0.4) is 0 Å². The Kier molecular flexibility index (Phi) is 13.3. The van der Waals surface area contributed by atoms with Gasteiger partial charge in [0.15, 0.2) is 47.3 Å². The first-order valence-corrected chi connectivity index (χ1v) is 18.0. The van der Waals surface area contributed by atoms with Gasteiger partial charge in [0, 0.05) is 66.2 Å². The number of hydrogen-bond acceptors (Lipinski definition) is 18. The van der Waals surface area contributed by atoms with Crippen LogP contribution in [0.5, 0.6) is 0 Å². The van der Waals surface area contributed by atoms with Gasteiger partial charge in [-0.1, -0.05) is 33.8 Å². The van der Waals surface area contributed by atoms with Crippen LogP contribution >= 0.6 is 0 Å². The Balaban J connectivity index is 2.80. The molecule has 1 N–H and O–H groups in total. The number of fused-ring (bicyclic) bond motifs is 3. The first-order valence-electron chi connectivity index (χ1n) is 18.0. The maximum absolute atomic E-state index is 15.2. The molecule has 0 unspecified atom stereocenters. The molecule has 0 amide bonds. The minimum absolute atomic E-state index is 0.577. The number of Topliss-reactive ketones (excluding diaryl/α,β-unsaturated/α-hetero) is 1. The van der Waals surface area contributed by atoms with Crippen molar-refractivity contribution in [1.29, 1.82) is 0 Å². The highest BCUT2D eigenvalue weighted by Crippen LogP contribution is 2.57. The van der Waals surface area contributed by atoms with E-state index in [1.165, 1.54) is 40.7 Å². The van der Waals surface area contributed by atoms with E-state index in [4.69, 9.17) is 37.9 Å². The molecule has 0 spiro atoms. The quantitative estimate of drug-likeness (QED) is 0.209. The Morgan fingerprint density at radius 3 is 1.70 bits per heavy atom. The second-order valence-corrected chi connectivity index (χ2v) is 15.8. The summed E-state index contributed by atoms with van der Waals surface area (Å²) in [5.74, 6) is -12.4. The Bertz CT molecular complexity index is 1680. The maximum atomic E-state index is 15.2. The van der Waals surface area contributed by atoms with Gasteiger partial charge >= 0.3 is 47.8 Å².